The maximum Gasteiger partial charge on any atom is 0.187 e. The van der Waals surface area contributed by atoms with E-state index < -0.39 is 198 Å². The summed E-state index contributed by atoms with van der Waals surface area (Å²) in [4.78, 5) is 14.8. The topological polar surface area (TPSA) is 431 Å². The van der Waals surface area contributed by atoms with Gasteiger partial charge in [0.25, 0.3) is 0 Å². The minimum atomic E-state index is -2.16. The SMILES string of the molecule is C[C@@H]1CC[C@]2(OC1)O[C@H]1C[C@@H]3[C@H]4CC[C@@H]5C[C@H](O[C@H]6O[C@@H](CO)[C@H](O[C@H]7O[C@@H](CO)[C@H](O)[C@@H](O[C@H]8O[C@@H](CO)[C@H](O)[C@@H](O)[C@@H]8O)[C@@H]7O[C@H]7O[C@@H](CO)[C@H](O)[C@@H](O[C@H]8OC[C@H](O)[C@@H](O)[C@@H]8O)[C@@H]7O)[C@@H](O)[C@@H]6O)CC[C@]5(C)[C@H]4CC(=O)[C@]3(C)[C@H]1[C@@H]2C. The molecule has 4 saturated carbocycles. The second kappa shape index (κ2) is 25.0. The molecule has 0 aromatic rings. The van der Waals surface area contributed by atoms with Crippen molar-refractivity contribution < 1.29 is 138 Å². The Morgan fingerprint density at radius 3 is 1.75 bits per heavy atom. The minimum absolute atomic E-state index is 0.0394. The van der Waals surface area contributed by atoms with E-state index in [4.69, 9.17) is 56.8 Å². The summed E-state index contributed by atoms with van der Waals surface area (Å²) in [6.07, 6.45) is -38.5. The number of aliphatic hydroxyl groups excluding tert-OH is 15. The number of Topliss-reactive ketones (excluding diaryl/α,β-unsaturated/α-hetero) is 1. The highest BCUT2D eigenvalue weighted by atomic mass is 16.8. The zero-order chi connectivity index (χ0) is 60.2. The van der Waals surface area contributed by atoms with Gasteiger partial charge in [-0.1, -0.05) is 27.7 Å². The van der Waals surface area contributed by atoms with E-state index >= 15 is 0 Å². The van der Waals surface area contributed by atoms with Gasteiger partial charge in [0.05, 0.1) is 51.8 Å². The minimum Gasteiger partial charge on any atom is -0.394 e. The summed E-state index contributed by atoms with van der Waals surface area (Å²) in [7, 11) is 0. The molecule has 84 heavy (non-hydrogen) atoms. The zero-order valence-corrected chi connectivity index (χ0v) is 47.7. The highest BCUT2D eigenvalue weighted by Crippen LogP contribution is 2.70. The van der Waals surface area contributed by atoms with Crippen LogP contribution in [0.25, 0.3) is 0 Å². The van der Waals surface area contributed by atoms with E-state index in [0.717, 1.165) is 32.1 Å². The molecule has 0 bridgehead atoms. The number of carbonyl (C=O) groups excluding carboxylic acids is 1. The number of carbonyl (C=O) groups is 1. The van der Waals surface area contributed by atoms with E-state index in [1.165, 1.54) is 0 Å². The molecule has 0 aromatic carbocycles. The first-order valence-corrected chi connectivity index (χ1v) is 30.2. The monoisotopic (exact) mass is 1210 g/mol. The molecular formula is C56H90O28. The first kappa shape index (κ1) is 64.1. The number of hydrogen-bond donors (Lipinski definition) is 15. The van der Waals surface area contributed by atoms with Crippen LogP contribution < -0.4 is 0 Å². The van der Waals surface area contributed by atoms with Crippen LogP contribution in [-0.2, 0) is 61.6 Å². The molecular weight excluding hydrogens is 1120 g/mol. The van der Waals surface area contributed by atoms with Gasteiger partial charge < -0.3 is 133 Å². The molecule has 0 amide bonds. The van der Waals surface area contributed by atoms with Crippen LogP contribution in [0.1, 0.15) is 85.5 Å². The van der Waals surface area contributed by atoms with Crippen molar-refractivity contribution in [2.75, 3.05) is 39.6 Å². The molecule has 4 aliphatic carbocycles. The van der Waals surface area contributed by atoms with Crippen molar-refractivity contribution >= 4 is 5.78 Å². The van der Waals surface area contributed by atoms with Crippen LogP contribution >= 0.6 is 0 Å². The fourth-order valence-corrected chi connectivity index (χ4v) is 17.0. The third-order valence-corrected chi connectivity index (χ3v) is 22.0. The van der Waals surface area contributed by atoms with Crippen molar-refractivity contribution in [2.45, 2.75) is 251 Å². The highest BCUT2D eigenvalue weighted by molar-refractivity contribution is 5.87. The Morgan fingerprint density at radius 2 is 1.08 bits per heavy atom. The number of aliphatic hydroxyl groups is 15. The maximum absolute atomic E-state index is 14.8. The van der Waals surface area contributed by atoms with Gasteiger partial charge in [0.15, 0.2) is 37.2 Å². The number of ether oxygens (including phenoxy) is 12. The fourth-order valence-electron chi connectivity index (χ4n) is 17.0. The smallest absolute Gasteiger partial charge is 0.187 e. The van der Waals surface area contributed by atoms with E-state index in [1.807, 2.05) is 0 Å². The van der Waals surface area contributed by atoms with Gasteiger partial charge in [-0.25, -0.2) is 0 Å². The standard InChI is InChI=1S/C56H90O28/c1-20-7-10-56(74-18-20)21(2)34-28(84-56)12-26-24-6-5-22-11-23(8-9-54(22,3)25(24)13-33(62)55(26,34)4)75-50-43(71)40(68)45(32(17-60)79-50)80-53-48(47(38(66)31(16-59)78-53)82-51-42(70)39(67)36(64)29(14-57)76-51)83-52-44(72)46(37(65)30(15-58)77-52)81-49-41(69)35(63)27(61)19-73-49/h20-32,34-53,57-61,63-72H,5-19H2,1-4H3/t20-,21+,22-,23-,24+,25+,26-,27+,28+,29+,30+,31+,32+,34+,35-,36+,37+,38+,39-,40+,41+,42+,43+,44+,45+,46-,47-,48+,49-,50+,51-,52-,53-,54+,55-,56+/m1/s1. The normalized spacial score (nSPS) is 56.8. The van der Waals surface area contributed by atoms with Gasteiger partial charge in [-0.2, -0.15) is 0 Å². The number of hydrogen-bond acceptors (Lipinski definition) is 28. The van der Waals surface area contributed by atoms with E-state index in [2.05, 4.69) is 27.7 Å². The Labute approximate surface area is 485 Å². The summed E-state index contributed by atoms with van der Waals surface area (Å²) < 4.78 is 73.1. The van der Waals surface area contributed by atoms with Crippen LogP contribution in [0.5, 0.6) is 0 Å². The van der Waals surface area contributed by atoms with Gasteiger partial charge in [0.1, 0.15) is 122 Å². The van der Waals surface area contributed by atoms with Crippen molar-refractivity contribution in [3.05, 3.63) is 0 Å². The molecule has 1 spiro atoms. The lowest BCUT2D eigenvalue weighted by Gasteiger charge is -2.60. The van der Waals surface area contributed by atoms with Crippen LogP contribution in [-0.4, -0.2) is 287 Å². The second-order valence-corrected chi connectivity index (χ2v) is 26.6. The van der Waals surface area contributed by atoms with Crippen LogP contribution in [0.15, 0.2) is 0 Å². The Morgan fingerprint density at radius 1 is 0.512 bits per heavy atom. The third kappa shape index (κ3) is 11.0. The quantitative estimate of drug-likeness (QED) is 0.0723. The molecule has 28 nitrogen and oxygen atoms in total. The molecule has 28 heteroatoms. The van der Waals surface area contributed by atoms with E-state index in [1.54, 1.807) is 0 Å². The fraction of sp³-hybridized carbons (Fsp3) is 0.982. The summed E-state index contributed by atoms with van der Waals surface area (Å²) in [5.41, 5.74) is -0.705. The van der Waals surface area contributed by atoms with Crippen LogP contribution in [0.4, 0.5) is 0 Å². The van der Waals surface area contributed by atoms with Crippen LogP contribution in [0, 0.1) is 52.3 Å². The van der Waals surface area contributed by atoms with Crippen LogP contribution in [0.3, 0.4) is 0 Å². The lowest BCUT2D eigenvalue weighted by molar-refractivity contribution is -0.410. The van der Waals surface area contributed by atoms with E-state index in [-0.39, 0.29) is 41.1 Å². The van der Waals surface area contributed by atoms with Gasteiger partial charge in [-0.3, -0.25) is 4.79 Å². The molecule has 15 N–H and O–H groups in total. The largest absolute Gasteiger partial charge is 0.394 e. The van der Waals surface area contributed by atoms with E-state index in [0.29, 0.717) is 49.9 Å². The average molecular weight is 1210 g/mol. The Hall–Kier alpha value is -1.41. The summed E-state index contributed by atoms with van der Waals surface area (Å²) in [5.74, 6) is 1.12. The van der Waals surface area contributed by atoms with Gasteiger partial charge in [-0.05, 0) is 80.0 Å². The molecule has 0 radical (unpaired) electrons. The number of rotatable bonds is 14. The lowest BCUT2D eigenvalue weighted by atomic mass is 9.44. The molecule has 36 atom stereocenters. The van der Waals surface area contributed by atoms with Crippen molar-refractivity contribution in [1.29, 1.82) is 0 Å². The molecule has 0 aromatic heterocycles. The zero-order valence-electron chi connectivity index (χ0n) is 47.7. The van der Waals surface area contributed by atoms with Crippen LogP contribution in [0.2, 0.25) is 0 Å². The summed E-state index contributed by atoms with van der Waals surface area (Å²) >= 11 is 0. The van der Waals surface area contributed by atoms with E-state index in [9.17, 15) is 81.4 Å². The Bertz CT molecular complexity index is 2230. The average Bonchev–Trinajstić information content (AvgIpc) is 1.53. The Balaban J connectivity index is 0.794. The van der Waals surface area contributed by atoms with Crippen molar-refractivity contribution in [1.82, 2.24) is 0 Å². The summed E-state index contributed by atoms with van der Waals surface area (Å²) in [5, 5.41) is 164. The molecule has 0 unspecified atom stereocenters. The Kier molecular flexibility index (Phi) is 19.1. The van der Waals surface area contributed by atoms with Gasteiger partial charge >= 0.3 is 0 Å². The molecule has 11 aliphatic rings. The summed E-state index contributed by atoms with van der Waals surface area (Å²) in [6.45, 7) is 5.28. The maximum atomic E-state index is 14.8. The number of ketones is 1. The van der Waals surface area contributed by atoms with Gasteiger partial charge in [-0.15, -0.1) is 0 Å². The summed E-state index contributed by atoms with van der Waals surface area (Å²) in [6, 6.07) is 0. The number of fused-ring (bicyclic) bond motifs is 7. The molecule has 11 fully saturated rings. The first-order valence-electron chi connectivity index (χ1n) is 30.2. The van der Waals surface area contributed by atoms with Crippen molar-refractivity contribution in [3.8, 4) is 0 Å². The van der Waals surface area contributed by atoms with Crippen molar-refractivity contribution in [2.24, 2.45) is 52.3 Å². The second-order valence-electron chi connectivity index (χ2n) is 26.6. The predicted molar refractivity (Wildman–Crippen MR) is 275 cm³/mol. The highest BCUT2D eigenvalue weighted by Gasteiger charge is 2.72. The van der Waals surface area contributed by atoms with Crippen molar-refractivity contribution in [3.63, 3.8) is 0 Å². The third-order valence-electron chi connectivity index (χ3n) is 22.0. The predicted octanol–water partition coefficient (Wildman–Crippen LogP) is -5.27. The molecule has 7 saturated heterocycles. The van der Waals surface area contributed by atoms with Gasteiger partial charge in [0, 0.05) is 30.1 Å². The van der Waals surface area contributed by atoms with Gasteiger partial charge in [0.2, 0.25) is 0 Å². The molecule has 7 heterocycles. The first-order chi connectivity index (χ1) is 39.9. The molecule has 7 aliphatic heterocycles. The lowest BCUT2D eigenvalue weighted by Crippen LogP contribution is -2.69. The molecule has 11 rings (SSSR count). The molecule has 482 valence electrons.